The molecule has 0 N–H and O–H groups in total. The summed E-state index contributed by atoms with van der Waals surface area (Å²) in [6, 6.07) is 2.00. The third-order valence-corrected chi connectivity index (χ3v) is 1.07. The number of hydrogen-bond acceptors (Lipinski definition) is 1. The molecule has 0 radical (unpaired) electrons. The third kappa shape index (κ3) is 5.00. The first kappa shape index (κ1) is 9.53. The van der Waals surface area contributed by atoms with Crippen LogP contribution in [0.3, 0.4) is 0 Å². The zero-order valence-corrected chi connectivity index (χ0v) is 6.89. The molecule has 0 spiro atoms. The van der Waals surface area contributed by atoms with Crippen LogP contribution in [-0.2, 0) is 0 Å². The van der Waals surface area contributed by atoms with Gasteiger partial charge in [-0.3, -0.25) is 0 Å². The fourth-order valence-corrected chi connectivity index (χ4v) is 0.511. The summed E-state index contributed by atoms with van der Waals surface area (Å²) in [4.78, 5) is 0. The van der Waals surface area contributed by atoms with Gasteiger partial charge in [0.25, 0.3) is 0 Å². The summed E-state index contributed by atoms with van der Waals surface area (Å²) in [6.45, 7) is 3.97. The maximum atomic E-state index is 8.33. The first-order valence-corrected chi connectivity index (χ1v) is 3.38. The number of nitriles is 1. The Balaban J connectivity index is 4.30. The number of terminal acetylenes is 1. The molecule has 0 aliphatic heterocycles. The van der Waals surface area contributed by atoms with Crippen molar-refractivity contribution in [3.05, 3.63) is 23.3 Å². The Hall–Kier alpha value is -1.47. The molecule has 0 rings (SSSR count). The van der Waals surface area contributed by atoms with Crippen LogP contribution in [0.15, 0.2) is 23.3 Å². The Morgan fingerprint density at radius 3 is 2.45 bits per heavy atom. The maximum Gasteiger partial charge on any atom is 0.0681 e. The van der Waals surface area contributed by atoms with Gasteiger partial charge in [0.2, 0.25) is 0 Å². The lowest BCUT2D eigenvalue weighted by atomic mass is 10.2. The topological polar surface area (TPSA) is 23.8 Å². The molecule has 0 atom stereocenters. The van der Waals surface area contributed by atoms with E-state index in [1.807, 2.05) is 26.0 Å². The van der Waals surface area contributed by atoms with Crippen molar-refractivity contribution in [3.63, 3.8) is 0 Å². The van der Waals surface area contributed by atoms with Crippen LogP contribution >= 0.6 is 0 Å². The molecule has 1 nitrogen and oxygen atoms in total. The molecule has 0 amide bonds. The van der Waals surface area contributed by atoms with Crippen molar-refractivity contribution in [3.8, 4) is 18.4 Å². The molecule has 1 heteroatoms. The van der Waals surface area contributed by atoms with Crippen molar-refractivity contribution in [2.24, 2.45) is 0 Å². The van der Waals surface area contributed by atoms with E-state index in [0.717, 1.165) is 5.57 Å². The second-order valence-electron chi connectivity index (χ2n) is 2.42. The van der Waals surface area contributed by atoms with Crippen LogP contribution in [-0.4, -0.2) is 0 Å². The van der Waals surface area contributed by atoms with Crippen molar-refractivity contribution in [1.29, 1.82) is 5.26 Å². The summed E-state index contributed by atoms with van der Waals surface area (Å²) < 4.78 is 0. The first-order chi connectivity index (χ1) is 5.20. The van der Waals surface area contributed by atoms with Gasteiger partial charge < -0.3 is 0 Å². The van der Waals surface area contributed by atoms with Gasteiger partial charge in [-0.25, -0.2) is 0 Å². The summed E-state index contributed by atoms with van der Waals surface area (Å²) in [5.74, 6) is 2.45. The van der Waals surface area contributed by atoms with Crippen LogP contribution in [0, 0.1) is 23.7 Å². The molecule has 0 saturated heterocycles. The summed E-state index contributed by atoms with van der Waals surface area (Å²) in [6.07, 6.45) is 9.18. The van der Waals surface area contributed by atoms with Crippen LogP contribution < -0.4 is 0 Å². The summed E-state index contributed by atoms with van der Waals surface area (Å²) in [5, 5.41) is 8.33. The van der Waals surface area contributed by atoms with E-state index < -0.39 is 0 Å². The lowest BCUT2D eigenvalue weighted by Gasteiger charge is -1.87. The van der Waals surface area contributed by atoms with E-state index >= 15 is 0 Å². The molecule has 0 aliphatic rings. The molecule has 56 valence electrons. The largest absolute Gasteiger partial charge is 0.198 e. The van der Waals surface area contributed by atoms with Gasteiger partial charge in [0.1, 0.15) is 0 Å². The fraction of sp³-hybridized carbons (Fsp3) is 0.300. The molecule has 0 aromatic heterocycles. The average molecular weight is 145 g/mol. The van der Waals surface area contributed by atoms with Gasteiger partial charge in [-0.2, -0.15) is 5.26 Å². The van der Waals surface area contributed by atoms with Crippen LogP contribution in [0.4, 0.5) is 0 Å². The summed E-state index contributed by atoms with van der Waals surface area (Å²) in [5.41, 5.74) is 1.91. The highest BCUT2D eigenvalue weighted by molar-refractivity contribution is 5.32. The standard InChI is InChI=1S/C10H11N/c1-4-10(7-8-11)6-5-9(2)3/h1,5-6H,7H2,2-3H3. The molecule has 0 aromatic carbocycles. The number of nitrogens with zero attached hydrogens (tertiary/aromatic N) is 1. The van der Waals surface area contributed by atoms with Gasteiger partial charge >= 0.3 is 0 Å². The minimum atomic E-state index is 0.320. The minimum absolute atomic E-state index is 0.320. The van der Waals surface area contributed by atoms with Gasteiger partial charge in [0, 0.05) is 5.57 Å². The lowest BCUT2D eigenvalue weighted by molar-refractivity contribution is 1.29. The van der Waals surface area contributed by atoms with Crippen LogP contribution in [0.1, 0.15) is 20.3 Å². The van der Waals surface area contributed by atoms with Gasteiger partial charge in [0.05, 0.1) is 12.5 Å². The van der Waals surface area contributed by atoms with E-state index in [9.17, 15) is 0 Å². The Morgan fingerprint density at radius 2 is 2.09 bits per heavy atom. The Morgan fingerprint density at radius 1 is 1.45 bits per heavy atom. The summed E-state index contributed by atoms with van der Waals surface area (Å²) >= 11 is 0. The molecule has 0 fully saturated rings. The van der Waals surface area contributed by atoms with Crippen LogP contribution in [0.25, 0.3) is 0 Å². The van der Waals surface area contributed by atoms with E-state index in [0.29, 0.717) is 6.42 Å². The molecule has 0 aliphatic carbocycles. The van der Waals surface area contributed by atoms with Crippen molar-refractivity contribution in [1.82, 2.24) is 0 Å². The zero-order chi connectivity index (χ0) is 8.69. The summed E-state index contributed by atoms with van der Waals surface area (Å²) in [7, 11) is 0. The smallest absolute Gasteiger partial charge is 0.0681 e. The first-order valence-electron chi connectivity index (χ1n) is 3.38. The van der Waals surface area contributed by atoms with Gasteiger partial charge in [-0.1, -0.05) is 17.6 Å². The average Bonchev–Trinajstić information content (AvgIpc) is 1.97. The predicted molar refractivity (Wildman–Crippen MR) is 46.6 cm³/mol. The molecule has 0 heterocycles. The lowest BCUT2D eigenvalue weighted by Crippen LogP contribution is -1.74. The second kappa shape index (κ2) is 5.33. The van der Waals surface area contributed by atoms with E-state index in [1.165, 1.54) is 5.57 Å². The van der Waals surface area contributed by atoms with Crippen molar-refractivity contribution < 1.29 is 0 Å². The van der Waals surface area contributed by atoms with E-state index in [4.69, 9.17) is 11.7 Å². The normalized spacial score (nSPS) is 9.64. The maximum absolute atomic E-state index is 8.33. The monoisotopic (exact) mass is 145 g/mol. The molecule has 0 bridgehead atoms. The zero-order valence-electron chi connectivity index (χ0n) is 6.89. The molecular formula is C10H11N. The second-order valence-corrected chi connectivity index (χ2v) is 2.42. The highest BCUT2D eigenvalue weighted by atomic mass is 14.2. The van der Waals surface area contributed by atoms with Crippen LogP contribution in [0.5, 0.6) is 0 Å². The molecular weight excluding hydrogens is 134 g/mol. The minimum Gasteiger partial charge on any atom is -0.198 e. The van der Waals surface area contributed by atoms with E-state index in [-0.39, 0.29) is 0 Å². The quantitative estimate of drug-likeness (QED) is 0.432. The van der Waals surface area contributed by atoms with Gasteiger partial charge in [0.15, 0.2) is 0 Å². The van der Waals surface area contributed by atoms with Gasteiger partial charge in [-0.05, 0) is 19.9 Å². The fourth-order valence-electron chi connectivity index (χ4n) is 0.511. The van der Waals surface area contributed by atoms with E-state index in [1.54, 1.807) is 6.08 Å². The molecule has 11 heavy (non-hydrogen) atoms. The van der Waals surface area contributed by atoms with Gasteiger partial charge in [-0.15, -0.1) is 6.42 Å². The molecule has 0 unspecified atom stereocenters. The predicted octanol–water partition coefficient (Wildman–Crippen LogP) is 2.43. The van der Waals surface area contributed by atoms with Crippen molar-refractivity contribution in [2.75, 3.05) is 0 Å². The Labute approximate surface area is 68.0 Å². The highest BCUT2D eigenvalue weighted by Crippen LogP contribution is 1.99. The SMILES string of the molecule is C#CC(=CC=C(C)C)CC#N. The van der Waals surface area contributed by atoms with Crippen molar-refractivity contribution >= 4 is 0 Å². The Kier molecular flexibility index (Phi) is 4.61. The highest BCUT2D eigenvalue weighted by Gasteiger charge is 1.86. The van der Waals surface area contributed by atoms with Crippen LogP contribution in [0.2, 0.25) is 0 Å². The number of allylic oxidation sites excluding steroid dienone is 4. The molecule has 0 saturated carbocycles. The molecule has 0 aromatic rings. The van der Waals surface area contributed by atoms with Crippen molar-refractivity contribution in [2.45, 2.75) is 20.3 Å². The van der Waals surface area contributed by atoms with E-state index in [2.05, 4.69) is 5.92 Å². The number of rotatable bonds is 2. The Bertz CT molecular complexity index is 252. The number of hydrogen-bond donors (Lipinski definition) is 0. The third-order valence-electron chi connectivity index (χ3n) is 1.07.